The quantitative estimate of drug-likeness (QED) is 0.642. The predicted molar refractivity (Wildman–Crippen MR) is 108 cm³/mol. The molecule has 7 nitrogen and oxygen atoms in total. The molecule has 2 aromatic rings. The van der Waals surface area contributed by atoms with Gasteiger partial charge in [0.25, 0.3) is 5.91 Å². The number of nitrogens with zero attached hydrogens (tertiary/aromatic N) is 1. The SMILES string of the molecule is O=C(COc1ccc(Cl)c(F)c1)N[C@H]1CC[C@H](C(=O)Nc2ccc(Cl)cn2)NC1. The lowest BCUT2D eigenvalue weighted by Crippen LogP contribution is -2.53. The molecule has 2 amide bonds. The zero-order valence-corrected chi connectivity index (χ0v) is 16.8. The Labute approximate surface area is 176 Å². The monoisotopic (exact) mass is 440 g/mol. The Bertz CT molecular complexity index is 874. The summed E-state index contributed by atoms with van der Waals surface area (Å²) < 4.78 is 18.6. The highest BCUT2D eigenvalue weighted by atomic mass is 35.5. The van der Waals surface area contributed by atoms with Gasteiger partial charge in [-0.05, 0) is 37.1 Å². The number of benzene rings is 1. The number of carbonyl (C=O) groups excluding carboxylic acids is 2. The van der Waals surface area contributed by atoms with Gasteiger partial charge in [-0.3, -0.25) is 9.59 Å². The van der Waals surface area contributed by atoms with Gasteiger partial charge in [-0.25, -0.2) is 9.37 Å². The lowest BCUT2D eigenvalue weighted by Gasteiger charge is -2.29. The number of carbonyl (C=O) groups is 2. The molecule has 2 atom stereocenters. The first kappa shape index (κ1) is 21.3. The average molecular weight is 441 g/mol. The smallest absolute Gasteiger partial charge is 0.258 e. The van der Waals surface area contributed by atoms with E-state index in [9.17, 15) is 14.0 Å². The highest BCUT2D eigenvalue weighted by molar-refractivity contribution is 6.30. The van der Waals surface area contributed by atoms with Crippen LogP contribution in [0.3, 0.4) is 0 Å². The lowest BCUT2D eigenvalue weighted by molar-refractivity contribution is -0.124. The summed E-state index contributed by atoms with van der Waals surface area (Å²) in [5, 5.41) is 9.13. The lowest BCUT2D eigenvalue weighted by atomic mass is 10.00. The van der Waals surface area contributed by atoms with Crippen LogP contribution in [0.4, 0.5) is 10.2 Å². The normalized spacial score (nSPS) is 18.7. The molecule has 0 saturated carbocycles. The molecule has 0 aliphatic carbocycles. The molecule has 0 bridgehead atoms. The molecule has 1 aromatic carbocycles. The third kappa shape index (κ3) is 6.28. The van der Waals surface area contributed by atoms with Crippen molar-refractivity contribution in [3.05, 3.63) is 52.4 Å². The summed E-state index contributed by atoms with van der Waals surface area (Å²) in [6.45, 7) is 0.192. The number of hydrogen-bond donors (Lipinski definition) is 3. The average Bonchev–Trinajstić information content (AvgIpc) is 2.71. The van der Waals surface area contributed by atoms with Crippen LogP contribution in [0.5, 0.6) is 5.75 Å². The fourth-order valence-corrected chi connectivity index (χ4v) is 3.08. The Kier molecular flexibility index (Phi) is 7.24. The minimum Gasteiger partial charge on any atom is -0.484 e. The number of ether oxygens (including phenoxy) is 1. The van der Waals surface area contributed by atoms with Gasteiger partial charge in [-0.2, -0.15) is 0 Å². The van der Waals surface area contributed by atoms with Crippen LogP contribution in [-0.2, 0) is 9.59 Å². The first-order valence-electron chi connectivity index (χ1n) is 8.94. The molecule has 2 heterocycles. The molecule has 1 aliphatic rings. The van der Waals surface area contributed by atoms with Crippen LogP contribution in [0, 0.1) is 5.82 Å². The van der Waals surface area contributed by atoms with Gasteiger partial charge < -0.3 is 20.7 Å². The van der Waals surface area contributed by atoms with Crippen molar-refractivity contribution in [2.24, 2.45) is 0 Å². The van der Waals surface area contributed by atoms with Crippen molar-refractivity contribution in [3.8, 4) is 5.75 Å². The van der Waals surface area contributed by atoms with Crippen molar-refractivity contribution in [3.63, 3.8) is 0 Å². The van der Waals surface area contributed by atoms with Gasteiger partial charge in [0.15, 0.2) is 6.61 Å². The molecule has 1 fully saturated rings. The number of anilines is 1. The predicted octanol–water partition coefficient (Wildman–Crippen LogP) is 2.78. The Hall–Kier alpha value is -2.42. The van der Waals surface area contributed by atoms with E-state index in [1.165, 1.54) is 18.3 Å². The number of aromatic nitrogens is 1. The summed E-state index contributed by atoms with van der Waals surface area (Å²) in [5.74, 6) is -0.499. The minimum atomic E-state index is -0.612. The topological polar surface area (TPSA) is 92.3 Å². The maximum Gasteiger partial charge on any atom is 0.258 e. The number of halogens is 3. The molecule has 3 rings (SSSR count). The van der Waals surface area contributed by atoms with Gasteiger partial charge in [0.2, 0.25) is 5.91 Å². The van der Waals surface area contributed by atoms with Gasteiger partial charge in [0.05, 0.1) is 16.1 Å². The zero-order chi connectivity index (χ0) is 20.8. The molecule has 1 saturated heterocycles. The van der Waals surface area contributed by atoms with Gasteiger partial charge in [-0.15, -0.1) is 0 Å². The van der Waals surface area contributed by atoms with E-state index in [-0.39, 0.29) is 41.3 Å². The van der Waals surface area contributed by atoms with Crippen LogP contribution in [-0.4, -0.2) is 42.0 Å². The van der Waals surface area contributed by atoms with E-state index in [2.05, 4.69) is 20.9 Å². The second kappa shape index (κ2) is 9.87. The molecule has 154 valence electrons. The van der Waals surface area contributed by atoms with E-state index >= 15 is 0 Å². The van der Waals surface area contributed by atoms with Crippen LogP contribution >= 0.6 is 23.2 Å². The van der Waals surface area contributed by atoms with E-state index in [1.807, 2.05) is 0 Å². The summed E-state index contributed by atoms with van der Waals surface area (Å²) in [6, 6.07) is 6.72. The summed E-state index contributed by atoms with van der Waals surface area (Å²) >= 11 is 11.4. The number of piperidine rings is 1. The standard InChI is InChI=1S/C19H19Cl2FN4O3/c20-11-1-6-17(24-8-11)26-19(28)16-5-2-12(9-23-16)25-18(27)10-29-13-3-4-14(21)15(22)7-13/h1,3-4,6-8,12,16,23H,2,5,9-10H2,(H,25,27)(H,24,26,28)/t12-,16+/m0/s1. The van der Waals surface area contributed by atoms with Gasteiger partial charge in [0.1, 0.15) is 17.4 Å². The molecule has 29 heavy (non-hydrogen) atoms. The minimum absolute atomic E-state index is 0.0134. The van der Waals surface area contributed by atoms with Crippen molar-refractivity contribution in [1.29, 1.82) is 0 Å². The van der Waals surface area contributed by atoms with E-state index in [1.54, 1.807) is 12.1 Å². The summed E-state index contributed by atoms with van der Waals surface area (Å²) in [6.07, 6.45) is 2.63. The second-order valence-corrected chi connectivity index (χ2v) is 7.36. The number of amides is 2. The second-order valence-electron chi connectivity index (χ2n) is 6.52. The molecular weight excluding hydrogens is 422 g/mol. The maximum atomic E-state index is 13.4. The van der Waals surface area contributed by atoms with Crippen LogP contribution in [0.25, 0.3) is 0 Å². The largest absolute Gasteiger partial charge is 0.484 e. The van der Waals surface area contributed by atoms with Crippen molar-refractivity contribution < 1.29 is 18.7 Å². The fraction of sp³-hybridized carbons (Fsp3) is 0.316. The maximum absolute atomic E-state index is 13.4. The van der Waals surface area contributed by atoms with E-state index in [4.69, 9.17) is 27.9 Å². The Balaban J connectivity index is 1.39. The van der Waals surface area contributed by atoms with E-state index < -0.39 is 5.82 Å². The molecule has 1 aliphatic heterocycles. The van der Waals surface area contributed by atoms with Crippen molar-refractivity contribution in [2.75, 3.05) is 18.5 Å². The number of hydrogen-bond acceptors (Lipinski definition) is 5. The molecule has 1 aromatic heterocycles. The Morgan fingerprint density at radius 1 is 1.24 bits per heavy atom. The highest BCUT2D eigenvalue weighted by Gasteiger charge is 2.26. The highest BCUT2D eigenvalue weighted by Crippen LogP contribution is 2.20. The van der Waals surface area contributed by atoms with E-state index in [0.29, 0.717) is 30.2 Å². The molecule has 0 spiro atoms. The first-order chi connectivity index (χ1) is 13.9. The van der Waals surface area contributed by atoms with Crippen LogP contribution in [0.2, 0.25) is 10.0 Å². The molecule has 0 unspecified atom stereocenters. The van der Waals surface area contributed by atoms with Crippen molar-refractivity contribution in [2.45, 2.75) is 24.9 Å². The number of rotatable bonds is 6. The van der Waals surface area contributed by atoms with Crippen molar-refractivity contribution >= 4 is 40.8 Å². The third-order valence-electron chi connectivity index (χ3n) is 4.34. The molecular formula is C19H19Cl2FN4O3. The van der Waals surface area contributed by atoms with Gasteiger partial charge in [-0.1, -0.05) is 23.2 Å². The Morgan fingerprint density at radius 2 is 2.07 bits per heavy atom. The van der Waals surface area contributed by atoms with Crippen LogP contribution < -0.4 is 20.7 Å². The van der Waals surface area contributed by atoms with Crippen LogP contribution in [0.1, 0.15) is 12.8 Å². The van der Waals surface area contributed by atoms with Crippen molar-refractivity contribution in [1.82, 2.24) is 15.6 Å². The van der Waals surface area contributed by atoms with Gasteiger partial charge >= 0.3 is 0 Å². The zero-order valence-electron chi connectivity index (χ0n) is 15.3. The Morgan fingerprint density at radius 3 is 2.72 bits per heavy atom. The number of pyridine rings is 1. The third-order valence-corrected chi connectivity index (χ3v) is 4.87. The summed E-state index contributed by atoms with van der Waals surface area (Å²) in [4.78, 5) is 28.4. The summed E-state index contributed by atoms with van der Waals surface area (Å²) in [5.41, 5.74) is 0. The molecule has 0 radical (unpaired) electrons. The van der Waals surface area contributed by atoms with Gasteiger partial charge in [0, 0.05) is 24.8 Å². The fourth-order valence-electron chi connectivity index (χ4n) is 2.85. The van der Waals surface area contributed by atoms with Crippen LogP contribution in [0.15, 0.2) is 36.5 Å². The first-order valence-corrected chi connectivity index (χ1v) is 9.69. The molecule has 3 N–H and O–H groups in total. The number of nitrogens with one attached hydrogen (secondary N) is 3. The molecule has 10 heteroatoms. The summed E-state index contributed by atoms with van der Waals surface area (Å²) in [7, 11) is 0. The van der Waals surface area contributed by atoms with E-state index in [0.717, 1.165) is 6.07 Å².